The molecule has 0 aliphatic heterocycles. The molecule has 2 atom stereocenters. The quantitative estimate of drug-likeness (QED) is 0.875. The maximum absolute atomic E-state index is 6.21. The summed E-state index contributed by atoms with van der Waals surface area (Å²) in [6, 6.07) is 12.2. The zero-order chi connectivity index (χ0) is 15.4. The Morgan fingerprint density at radius 2 is 2.10 bits per heavy atom. The Bertz CT molecular complexity index is 585. The van der Waals surface area contributed by atoms with E-state index in [4.69, 9.17) is 22.1 Å². The Labute approximate surface area is 135 Å². The first-order valence-corrected chi connectivity index (χ1v) is 8.04. The lowest BCUT2D eigenvalue weighted by atomic mass is 9.99. The third kappa shape index (κ3) is 4.20. The molecule has 0 amide bonds. The fourth-order valence-electron chi connectivity index (χ4n) is 2.57. The number of methoxy groups -OCH3 is 1. The van der Waals surface area contributed by atoms with Crippen molar-refractivity contribution in [2.45, 2.75) is 25.6 Å². The molecule has 3 nitrogen and oxygen atoms in total. The van der Waals surface area contributed by atoms with Gasteiger partial charge in [-0.25, -0.2) is 0 Å². The fraction of sp³-hybridized carbons (Fsp3) is 0.375. The molecular formula is C16H21ClN2OS. The van der Waals surface area contributed by atoms with E-state index in [0.29, 0.717) is 0 Å². The summed E-state index contributed by atoms with van der Waals surface area (Å²) in [6.07, 6.45) is 0. The number of ether oxygens (including phenoxy) is 1. The van der Waals surface area contributed by atoms with Crippen molar-refractivity contribution in [3.63, 3.8) is 0 Å². The molecule has 0 saturated heterocycles. The normalized spacial score (nSPS) is 14.2. The van der Waals surface area contributed by atoms with Crippen LogP contribution in [0.5, 0.6) is 5.75 Å². The van der Waals surface area contributed by atoms with Crippen molar-refractivity contribution in [2.24, 2.45) is 5.73 Å². The first kappa shape index (κ1) is 16.3. The van der Waals surface area contributed by atoms with Crippen molar-refractivity contribution >= 4 is 22.9 Å². The van der Waals surface area contributed by atoms with Crippen molar-refractivity contribution < 1.29 is 4.74 Å². The first-order valence-electron chi connectivity index (χ1n) is 6.85. The number of halogens is 1. The van der Waals surface area contributed by atoms with Gasteiger partial charge in [0.25, 0.3) is 0 Å². The van der Waals surface area contributed by atoms with Gasteiger partial charge in [-0.3, -0.25) is 4.90 Å². The predicted octanol–water partition coefficient (Wildman–Crippen LogP) is 3.93. The van der Waals surface area contributed by atoms with Crippen molar-refractivity contribution in [2.75, 3.05) is 14.2 Å². The number of hydrogen-bond acceptors (Lipinski definition) is 4. The summed E-state index contributed by atoms with van der Waals surface area (Å²) in [6.45, 7) is 2.85. The second-order valence-electron chi connectivity index (χ2n) is 5.20. The molecule has 114 valence electrons. The summed E-state index contributed by atoms with van der Waals surface area (Å²) < 4.78 is 6.13. The van der Waals surface area contributed by atoms with Crippen LogP contribution in [0, 0.1) is 0 Å². The molecule has 1 heterocycles. The van der Waals surface area contributed by atoms with Crippen LogP contribution in [0.1, 0.15) is 23.4 Å². The monoisotopic (exact) mass is 324 g/mol. The number of nitrogens with two attached hydrogens (primary N) is 1. The SMILES string of the molecule is COc1cccc(C(C(C)N)N(C)Cc2ccc(Cl)s2)c1. The van der Waals surface area contributed by atoms with Crippen LogP contribution in [0.15, 0.2) is 36.4 Å². The van der Waals surface area contributed by atoms with Gasteiger partial charge in [-0.05, 0) is 43.8 Å². The highest BCUT2D eigenvalue weighted by Crippen LogP contribution is 2.29. The van der Waals surface area contributed by atoms with E-state index in [9.17, 15) is 0 Å². The van der Waals surface area contributed by atoms with Crippen LogP contribution in [0.3, 0.4) is 0 Å². The summed E-state index contributed by atoms with van der Waals surface area (Å²) in [7, 11) is 3.76. The van der Waals surface area contributed by atoms with E-state index in [-0.39, 0.29) is 12.1 Å². The van der Waals surface area contributed by atoms with E-state index in [2.05, 4.69) is 24.1 Å². The van der Waals surface area contributed by atoms with E-state index < -0.39 is 0 Å². The van der Waals surface area contributed by atoms with Gasteiger partial charge in [0.15, 0.2) is 0 Å². The van der Waals surface area contributed by atoms with Crippen molar-refractivity contribution in [3.8, 4) is 5.75 Å². The van der Waals surface area contributed by atoms with Crippen LogP contribution in [-0.4, -0.2) is 25.1 Å². The molecule has 0 aliphatic rings. The third-order valence-corrected chi connectivity index (χ3v) is 4.66. The maximum Gasteiger partial charge on any atom is 0.119 e. The van der Waals surface area contributed by atoms with Crippen LogP contribution in [0.4, 0.5) is 0 Å². The molecule has 1 aromatic heterocycles. The summed E-state index contributed by atoms with van der Waals surface area (Å²) in [4.78, 5) is 3.48. The van der Waals surface area contributed by atoms with E-state index in [1.165, 1.54) is 4.88 Å². The average molecular weight is 325 g/mol. The topological polar surface area (TPSA) is 38.5 Å². The smallest absolute Gasteiger partial charge is 0.119 e. The van der Waals surface area contributed by atoms with Gasteiger partial charge >= 0.3 is 0 Å². The second kappa shape index (κ2) is 7.27. The van der Waals surface area contributed by atoms with E-state index >= 15 is 0 Å². The first-order chi connectivity index (χ1) is 10.0. The number of thiophene rings is 1. The number of benzene rings is 1. The Morgan fingerprint density at radius 1 is 1.33 bits per heavy atom. The Morgan fingerprint density at radius 3 is 2.67 bits per heavy atom. The van der Waals surface area contributed by atoms with Gasteiger partial charge in [-0.1, -0.05) is 23.7 Å². The molecule has 0 fully saturated rings. The summed E-state index contributed by atoms with van der Waals surface area (Å²) in [5.41, 5.74) is 7.38. The highest BCUT2D eigenvalue weighted by atomic mass is 35.5. The Kier molecular flexibility index (Phi) is 5.65. The maximum atomic E-state index is 6.21. The average Bonchev–Trinajstić information content (AvgIpc) is 2.84. The number of nitrogens with zero attached hydrogens (tertiary/aromatic N) is 1. The minimum absolute atomic E-state index is 0.0116. The van der Waals surface area contributed by atoms with Crippen LogP contribution in [-0.2, 0) is 6.54 Å². The van der Waals surface area contributed by atoms with Crippen LogP contribution < -0.4 is 10.5 Å². The van der Waals surface area contributed by atoms with Gasteiger partial charge in [-0.15, -0.1) is 11.3 Å². The van der Waals surface area contributed by atoms with E-state index in [0.717, 1.165) is 22.2 Å². The molecule has 0 aliphatic carbocycles. The molecule has 5 heteroatoms. The standard InChI is InChI=1S/C16H21ClN2OS/c1-11(18)16(12-5-4-6-13(9-12)20-3)19(2)10-14-7-8-15(17)21-14/h4-9,11,16H,10,18H2,1-3H3. The van der Waals surface area contributed by atoms with Gasteiger partial charge in [0, 0.05) is 23.5 Å². The zero-order valence-electron chi connectivity index (χ0n) is 12.5. The highest BCUT2D eigenvalue weighted by molar-refractivity contribution is 7.16. The Hall–Kier alpha value is -1.07. The van der Waals surface area contributed by atoms with E-state index in [1.807, 2.05) is 31.2 Å². The predicted molar refractivity (Wildman–Crippen MR) is 90.2 cm³/mol. The van der Waals surface area contributed by atoms with Gasteiger partial charge in [0.05, 0.1) is 11.4 Å². The fourth-order valence-corrected chi connectivity index (χ4v) is 3.72. The highest BCUT2D eigenvalue weighted by Gasteiger charge is 2.22. The molecule has 0 saturated carbocycles. The summed E-state index contributed by atoms with van der Waals surface area (Å²) in [5.74, 6) is 0.853. The largest absolute Gasteiger partial charge is 0.497 e. The zero-order valence-corrected chi connectivity index (χ0v) is 14.1. The van der Waals surface area contributed by atoms with Gasteiger partial charge < -0.3 is 10.5 Å². The van der Waals surface area contributed by atoms with Crippen molar-refractivity contribution in [1.82, 2.24) is 4.90 Å². The van der Waals surface area contributed by atoms with Crippen molar-refractivity contribution in [3.05, 3.63) is 51.2 Å². The van der Waals surface area contributed by atoms with Crippen LogP contribution in [0.2, 0.25) is 4.34 Å². The lowest BCUT2D eigenvalue weighted by Gasteiger charge is -2.31. The lowest BCUT2D eigenvalue weighted by Crippen LogP contribution is -2.36. The molecular weight excluding hydrogens is 304 g/mol. The minimum Gasteiger partial charge on any atom is -0.497 e. The lowest BCUT2D eigenvalue weighted by molar-refractivity contribution is 0.212. The van der Waals surface area contributed by atoms with E-state index in [1.54, 1.807) is 18.4 Å². The molecule has 0 bridgehead atoms. The molecule has 2 N–H and O–H groups in total. The second-order valence-corrected chi connectivity index (χ2v) is 7.00. The molecule has 0 radical (unpaired) electrons. The number of hydrogen-bond donors (Lipinski definition) is 1. The molecule has 2 aromatic rings. The molecule has 21 heavy (non-hydrogen) atoms. The molecule has 2 unspecified atom stereocenters. The van der Waals surface area contributed by atoms with Crippen LogP contribution in [0.25, 0.3) is 0 Å². The van der Waals surface area contributed by atoms with Gasteiger partial charge in [0.1, 0.15) is 5.75 Å². The molecule has 0 spiro atoms. The minimum atomic E-state index is 0.0116. The number of rotatable bonds is 6. The van der Waals surface area contributed by atoms with Gasteiger partial charge in [-0.2, -0.15) is 0 Å². The van der Waals surface area contributed by atoms with Crippen molar-refractivity contribution in [1.29, 1.82) is 0 Å². The molecule has 2 rings (SSSR count). The van der Waals surface area contributed by atoms with Crippen LogP contribution >= 0.6 is 22.9 Å². The summed E-state index contributed by atoms with van der Waals surface area (Å²) in [5, 5.41) is 0. The third-order valence-electron chi connectivity index (χ3n) is 3.44. The Balaban J connectivity index is 2.21. The molecule has 1 aromatic carbocycles. The van der Waals surface area contributed by atoms with Gasteiger partial charge in [0.2, 0.25) is 0 Å². The summed E-state index contributed by atoms with van der Waals surface area (Å²) >= 11 is 7.61. The number of likely N-dealkylation sites (N-methyl/N-ethyl adjacent to an activating group) is 1.